The Morgan fingerprint density at radius 1 is 0.307 bits per heavy atom. The molecule has 37 heteroatoms. The molecule has 26 aromatic rings. The lowest BCUT2D eigenvalue weighted by atomic mass is 10.1. The van der Waals surface area contributed by atoms with Crippen molar-refractivity contribution in [3.8, 4) is 107 Å². The van der Waals surface area contributed by atoms with Gasteiger partial charge in [0.15, 0.2) is 45.9 Å². The van der Waals surface area contributed by atoms with Crippen molar-refractivity contribution >= 4 is 105 Å². The fourth-order valence-electron chi connectivity index (χ4n) is 18.5. The van der Waals surface area contributed by atoms with Gasteiger partial charge in [-0.15, -0.1) is 0 Å². The predicted molar refractivity (Wildman–Crippen MR) is 583 cm³/mol. The van der Waals surface area contributed by atoms with Crippen LogP contribution in [-0.2, 0) is 52.4 Å². The molecule has 27 rings (SSSR count). The summed E-state index contributed by atoms with van der Waals surface area (Å²) in [7, 11) is 2.16. The van der Waals surface area contributed by atoms with Gasteiger partial charge in [-0.3, -0.25) is 60.3 Å². The number of fused-ring (bicyclic) bond motifs is 8. The minimum atomic E-state index is 0.617. The number of piperazine rings is 1. The molecule has 0 unspecified atom stereocenters. The molecular formula is C113H96N36S. The minimum Gasteiger partial charge on any atom is -0.366 e. The van der Waals surface area contributed by atoms with E-state index < -0.39 is 0 Å². The lowest BCUT2D eigenvalue weighted by molar-refractivity contribution is 0.313. The van der Waals surface area contributed by atoms with Crippen molar-refractivity contribution in [2.45, 2.75) is 59.3 Å². The number of nitrogens with one attached hydrogen (secondary N) is 12. The van der Waals surface area contributed by atoms with Crippen LogP contribution in [0.5, 0.6) is 0 Å². The van der Waals surface area contributed by atoms with Crippen molar-refractivity contribution in [2.75, 3.05) is 38.1 Å². The molecule has 0 amide bonds. The normalized spacial score (nSPS) is 12.2. The monoisotopic (exact) mass is 1990 g/mol. The number of likely N-dealkylation sites (N-methyl/N-ethyl adjacent to an activating group) is 1. The second-order valence-corrected chi connectivity index (χ2v) is 37.4. The Morgan fingerprint density at radius 3 is 1.04 bits per heavy atom. The van der Waals surface area contributed by atoms with E-state index >= 15 is 0 Å². The molecule has 734 valence electrons. The molecule has 1 fully saturated rings. The van der Waals surface area contributed by atoms with E-state index in [1.165, 1.54) is 22.3 Å². The summed E-state index contributed by atoms with van der Waals surface area (Å²) in [6.45, 7) is 12.0. The summed E-state index contributed by atoms with van der Waals surface area (Å²) in [6, 6.07) is 62.3. The van der Waals surface area contributed by atoms with Gasteiger partial charge in [-0.1, -0.05) is 121 Å². The highest BCUT2D eigenvalue weighted by Crippen LogP contribution is 2.39. The van der Waals surface area contributed by atoms with Crippen LogP contribution in [0.15, 0.2) is 329 Å². The molecule has 1 aliphatic rings. The lowest BCUT2D eigenvalue weighted by Crippen LogP contribution is -2.44. The summed E-state index contributed by atoms with van der Waals surface area (Å²) in [6.07, 6.45) is 40.5. The van der Waals surface area contributed by atoms with Crippen LogP contribution in [0.1, 0.15) is 50.2 Å². The van der Waals surface area contributed by atoms with Crippen LogP contribution in [0.2, 0.25) is 0 Å². The van der Waals surface area contributed by atoms with Gasteiger partial charge < -0.3 is 55.6 Å². The maximum atomic E-state index is 5.00. The molecule has 0 aliphatic carbocycles. The second kappa shape index (κ2) is 42.7. The van der Waals surface area contributed by atoms with E-state index in [4.69, 9.17) is 15.0 Å². The lowest BCUT2D eigenvalue weighted by Gasteiger charge is -2.33. The summed E-state index contributed by atoms with van der Waals surface area (Å²) >= 11 is 1.65. The molecule has 0 spiro atoms. The Morgan fingerprint density at radius 2 is 0.653 bits per heavy atom. The number of hydrogen-bond acceptors (Lipinski definition) is 28. The molecule has 0 radical (unpaired) electrons. The Labute approximate surface area is 860 Å². The topological polar surface area (TPSA) is 457 Å². The highest BCUT2D eigenvalue weighted by molar-refractivity contribution is 7.08. The number of aryl methyl sites for hydroxylation is 1. The number of aromatic nitrogens is 30. The fraction of sp³-hybridized carbons (Fsp3) is 0.124. The van der Waals surface area contributed by atoms with Gasteiger partial charge in [-0.2, -0.15) is 31.7 Å². The van der Waals surface area contributed by atoms with Crippen molar-refractivity contribution in [2.24, 2.45) is 0 Å². The summed E-state index contributed by atoms with van der Waals surface area (Å²) in [4.78, 5) is 95.8. The molecule has 12 N–H and O–H groups in total. The molecular weight excluding hydrogens is 1890 g/mol. The first kappa shape index (κ1) is 93.3. The molecule has 36 nitrogen and oxygen atoms in total. The SMILES string of the molecule is CN1CCN(c2cncc3[nH]c(-c4[nH]nc5ncc(-c6cncc(CNCc7ccccc7)c6)cc45)nc23)CC1.Cc1cn(-c2cncc3[nH]c(-c4[nH]nc5ncc(-c6cncc(CNCc7ccccc7)c6)cc45)nc23)cn1.c1ccc(CNCc2cncc(-c3cnc4n[nH]c(-c5nc6c(-c7ccsc7)cncc6[nH]5)c4c3)c2)cc1.c1ccc(CNCc2cncc(-c3cnc4n[nH]c(-c5nc6ccncc6[nH]5)c4c3)c2)cc1. The zero-order valence-corrected chi connectivity index (χ0v) is 82.1. The third-order valence-corrected chi connectivity index (χ3v) is 26.9. The minimum absolute atomic E-state index is 0.617. The number of thiophene rings is 1. The van der Waals surface area contributed by atoms with Crippen molar-refractivity contribution < 1.29 is 0 Å². The molecule has 0 atom stereocenters. The van der Waals surface area contributed by atoms with Crippen LogP contribution in [0.25, 0.3) is 196 Å². The van der Waals surface area contributed by atoms with Crippen LogP contribution >= 0.6 is 11.3 Å². The number of benzene rings is 4. The van der Waals surface area contributed by atoms with E-state index in [9.17, 15) is 0 Å². The average Bonchev–Trinajstić information content (AvgIpc) is 1.62. The van der Waals surface area contributed by atoms with E-state index in [-0.39, 0.29) is 0 Å². The van der Waals surface area contributed by atoms with Gasteiger partial charge in [0.05, 0.1) is 110 Å². The third-order valence-electron chi connectivity index (χ3n) is 26.2. The molecule has 4 aromatic carbocycles. The Hall–Kier alpha value is -19.1. The van der Waals surface area contributed by atoms with E-state index in [1.807, 2.05) is 153 Å². The molecule has 150 heavy (non-hydrogen) atoms. The van der Waals surface area contributed by atoms with Gasteiger partial charge >= 0.3 is 0 Å². The quantitative estimate of drug-likeness (QED) is 0.0227. The first-order valence-corrected chi connectivity index (χ1v) is 49.9. The van der Waals surface area contributed by atoms with Crippen molar-refractivity contribution in [1.29, 1.82) is 0 Å². The van der Waals surface area contributed by atoms with E-state index in [2.05, 4.69) is 319 Å². The van der Waals surface area contributed by atoms with E-state index in [0.717, 1.165) is 261 Å². The van der Waals surface area contributed by atoms with E-state index in [0.29, 0.717) is 46.6 Å². The first-order valence-electron chi connectivity index (χ1n) is 49.0. The number of imidazole rings is 5. The number of anilines is 1. The zero-order valence-electron chi connectivity index (χ0n) is 81.3. The maximum Gasteiger partial charge on any atom is 0.181 e. The number of hydrogen-bond donors (Lipinski definition) is 12. The van der Waals surface area contributed by atoms with Crippen LogP contribution in [0.4, 0.5) is 5.69 Å². The zero-order chi connectivity index (χ0) is 100. The van der Waals surface area contributed by atoms with Gasteiger partial charge in [0.1, 0.15) is 39.3 Å². The Balaban J connectivity index is 0.000000107. The molecule has 23 heterocycles. The molecule has 0 bridgehead atoms. The third kappa shape index (κ3) is 20.6. The predicted octanol–water partition coefficient (Wildman–Crippen LogP) is 19.0. The highest BCUT2D eigenvalue weighted by Gasteiger charge is 2.25. The summed E-state index contributed by atoms with van der Waals surface area (Å²) < 4.78 is 1.93. The Kier molecular flexibility index (Phi) is 26.6. The van der Waals surface area contributed by atoms with Crippen molar-refractivity contribution in [1.82, 2.24) is 176 Å². The van der Waals surface area contributed by atoms with Crippen molar-refractivity contribution in [3.63, 3.8) is 0 Å². The number of aromatic amines is 8. The second-order valence-electron chi connectivity index (χ2n) is 36.6. The van der Waals surface area contributed by atoms with E-state index in [1.54, 1.807) is 48.6 Å². The standard InChI is InChI=1S/C30H30N10.C29H24N10.C29H22N8S.C25H20N8/c1-39-7-9-40(10-8-39)26-19-33-18-25-28(26)36-30(35-25)27-24-12-23(17-34-29(24)38-37-27)22-11-21(15-32-16-22)14-31-13-20-5-3-2-4-6-20;1-18-16-39(17-34-18)25-15-32-14-24-27(25)36-29(35-24)26-23-8-22(13-33-28(23)38-37-26)21-7-20(11-31-12-21)10-30-9-19-5-3-2-4-6-19;1-2-4-18(5-3-1)10-30-11-19-8-21(13-31-12-19)22-9-23-27(36-37-28(23)33-14-22)29-34-25-16-32-15-24(26(25)35-29)20-6-7-38-17-20;1-2-4-16(5-3-1)10-27-11-17-8-18(13-28-12-17)19-9-20-23(32-33-24(20)29-14-19)25-30-21-6-7-26-15-22(21)31-25/h2-6,11-12,15-19,31H,7-10,13-14H2,1H3,(H,35,36)(H,34,37,38);2-8,11-17,30H,9-10H2,1H3,(H,35,36)(H,33,37,38);1-9,12-17,30H,10-11H2,(H,34,35)(H,33,36,37);1-9,12-15,27H,10-11H2,(H,30,31)(H,29,32,33). The summed E-state index contributed by atoms with van der Waals surface area (Å²) in [5.74, 6) is 2.78. The number of nitrogens with zero attached hydrogens (tertiary/aromatic N) is 24. The highest BCUT2D eigenvalue weighted by atomic mass is 32.1. The number of pyridine rings is 12. The largest absolute Gasteiger partial charge is 0.366 e. The molecule has 22 aromatic heterocycles. The van der Waals surface area contributed by atoms with Crippen LogP contribution in [0.3, 0.4) is 0 Å². The fourth-order valence-corrected chi connectivity index (χ4v) is 19.1. The smallest absolute Gasteiger partial charge is 0.181 e. The van der Waals surface area contributed by atoms with Gasteiger partial charge in [-0.05, 0) is 135 Å². The first-order chi connectivity index (χ1) is 74.1. The summed E-state index contributed by atoms with van der Waals surface area (Å²) in [5, 5.41) is 51.8. The molecule has 1 saturated heterocycles. The molecule has 0 saturated carbocycles. The van der Waals surface area contributed by atoms with Gasteiger partial charge in [0.2, 0.25) is 0 Å². The average molecular weight is 1990 g/mol. The molecule has 1 aliphatic heterocycles. The van der Waals surface area contributed by atoms with Crippen molar-refractivity contribution in [3.05, 3.63) is 379 Å². The van der Waals surface area contributed by atoms with Gasteiger partial charge in [0, 0.05) is 222 Å². The van der Waals surface area contributed by atoms with Gasteiger partial charge in [0.25, 0.3) is 0 Å². The Bertz CT molecular complexity index is 9170. The van der Waals surface area contributed by atoms with Gasteiger partial charge in [-0.25, -0.2) is 44.9 Å². The maximum absolute atomic E-state index is 5.00. The van der Waals surface area contributed by atoms with Crippen LogP contribution < -0.4 is 26.2 Å². The van der Waals surface area contributed by atoms with Crippen LogP contribution in [0, 0.1) is 6.92 Å². The summed E-state index contributed by atoms with van der Waals surface area (Å²) in [5.41, 5.74) is 34.8. The van der Waals surface area contributed by atoms with Crippen LogP contribution in [-0.4, -0.2) is 188 Å². The number of H-pyrrole nitrogens is 8. The number of rotatable bonds is 27.